The van der Waals surface area contributed by atoms with E-state index in [0.29, 0.717) is 36.8 Å². The molecule has 30 heavy (non-hydrogen) atoms. The molecule has 162 valence electrons. The number of alkyl halides is 2. The average Bonchev–Trinajstić information content (AvgIpc) is 2.91. The Kier molecular flexibility index (Phi) is 5.26. The predicted octanol–water partition coefficient (Wildman–Crippen LogP) is 2.56. The molecule has 7 nitrogen and oxygen atoms in total. The van der Waals surface area contributed by atoms with Gasteiger partial charge in [0.1, 0.15) is 10.7 Å². The van der Waals surface area contributed by atoms with Crippen LogP contribution in [-0.2, 0) is 7.05 Å². The lowest BCUT2D eigenvalue weighted by molar-refractivity contribution is -0.00686. The van der Waals surface area contributed by atoms with Crippen LogP contribution in [0.15, 0.2) is 32.9 Å². The number of pyridine rings is 1. The Labute approximate surface area is 177 Å². The minimum atomic E-state index is -2.69. The van der Waals surface area contributed by atoms with E-state index in [1.165, 1.54) is 16.3 Å². The summed E-state index contributed by atoms with van der Waals surface area (Å²) in [5.74, 6) is -2.08. The van der Waals surface area contributed by atoms with Crippen LogP contribution in [0.25, 0.3) is 0 Å². The number of hydrogen-bond donors (Lipinski definition) is 2. The molecule has 4 N–H and O–H groups in total. The molecule has 0 aromatic carbocycles. The molecule has 3 heterocycles. The maximum absolute atomic E-state index is 13.9. The molecule has 0 amide bonds. The summed E-state index contributed by atoms with van der Waals surface area (Å²) in [4.78, 5) is 24.9. The number of aryl methyl sites for hydroxylation is 1. The summed E-state index contributed by atoms with van der Waals surface area (Å²) < 4.78 is 29.3. The normalized spacial score (nSPS) is 22.6. The van der Waals surface area contributed by atoms with Gasteiger partial charge in [0.15, 0.2) is 0 Å². The van der Waals surface area contributed by atoms with E-state index in [0.717, 1.165) is 10.6 Å². The van der Waals surface area contributed by atoms with E-state index in [1.807, 2.05) is 17.9 Å². The number of nitrogens with two attached hydrogens (primary N) is 2. The molecule has 1 atom stereocenters. The van der Waals surface area contributed by atoms with E-state index in [4.69, 9.17) is 11.5 Å². The topological polar surface area (TPSA) is 103 Å². The van der Waals surface area contributed by atoms with Crippen molar-refractivity contribution in [1.82, 2.24) is 14.5 Å². The Morgan fingerprint density at radius 1 is 1.30 bits per heavy atom. The summed E-state index contributed by atoms with van der Waals surface area (Å²) in [7, 11) is 1.66. The van der Waals surface area contributed by atoms with Crippen LogP contribution in [0.3, 0.4) is 0 Å². The van der Waals surface area contributed by atoms with Crippen molar-refractivity contribution in [3.8, 4) is 0 Å². The summed E-state index contributed by atoms with van der Waals surface area (Å²) in [6.45, 7) is 2.89. The first-order valence-corrected chi connectivity index (χ1v) is 10.8. The first kappa shape index (κ1) is 21.0. The summed E-state index contributed by atoms with van der Waals surface area (Å²) in [5, 5.41) is 0. The average molecular weight is 437 g/mol. The zero-order chi connectivity index (χ0) is 21.7. The largest absolute Gasteiger partial charge is 0.382 e. The van der Waals surface area contributed by atoms with Crippen LogP contribution in [-0.4, -0.2) is 39.6 Å². The molecule has 4 rings (SSSR count). The number of hydrogen-bond acceptors (Lipinski definition) is 7. The number of halogens is 2. The second-order valence-corrected chi connectivity index (χ2v) is 9.42. The van der Waals surface area contributed by atoms with Gasteiger partial charge < -0.3 is 16.4 Å². The monoisotopic (exact) mass is 436 g/mol. The third-order valence-electron chi connectivity index (χ3n) is 6.38. The van der Waals surface area contributed by atoms with Gasteiger partial charge in [-0.3, -0.25) is 14.3 Å². The van der Waals surface area contributed by atoms with E-state index in [2.05, 4.69) is 9.97 Å². The van der Waals surface area contributed by atoms with E-state index in [9.17, 15) is 13.6 Å². The van der Waals surface area contributed by atoms with Crippen LogP contribution in [0.5, 0.6) is 0 Å². The number of nitrogens with zero attached hydrogens (tertiary/aromatic N) is 4. The molecule has 0 radical (unpaired) electrons. The second-order valence-electron chi connectivity index (χ2n) is 8.37. The highest BCUT2D eigenvalue weighted by Crippen LogP contribution is 2.52. The van der Waals surface area contributed by atoms with E-state index in [1.54, 1.807) is 19.3 Å². The van der Waals surface area contributed by atoms with Crippen LogP contribution in [0.4, 0.5) is 20.5 Å². The van der Waals surface area contributed by atoms with E-state index in [-0.39, 0.29) is 24.2 Å². The van der Waals surface area contributed by atoms with Crippen molar-refractivity contribution in [3.63, 3.8) is 0 Å². The molecule has 1 aliphatic carbocycles. The Balaban J connectivity index is 1.57. The number of nitrogen functional groups attached to an aromatic ring is 1. The third-order valence-corrected chi connectivity index (χ3v) is 7.62. The third kappa shape index (κ3) is 3.66. The van der Waals surface area contributed by atoms with Crippen molar-refractivity contribution < 1.29 is 8.78 Å². The Morgan fingerprint density at radius 2 is 2.00 bits per heavy atom. The lowest BCUT2D eigenvalue weighted by Crippen LogP contribution is -2.48. The Morgan fingerprint density at radius 3 is 2.60 bits per heavy atom. The molecule has 2 fully saturated rings. The second kappa shape index (κ2) is 7.49. The number of aromatic nitrogens is 3. The zero-order valence-corrected chi connectivity index (χ0v) is 17.9. The molecule has 0 unspecified atom stereocenters. The number of piperidine rings is 1. The highest BCUT2D eigenvalue weighted by molar-refractivity contribution is 7.99. The van der Waals surface area contributed by atoms with Gasteiger partial charge in [-0.1, -0.05) is 11.8 Å². The molecule has 2 aromatic rings. The fourth-order valence-electron chi connectivity index (χ4n) is 4.61. The molecule has 1 spiro atoms. The van der Waals surface area contributed by atoms with Gasteiger partial charge in [-0.25, -0.2) is 8.78 Å². The predicted molar refractivity (Wildman–Crippen MR) is 113 cm³/mol. The van der Waals surface area contributed by atoms with Crippen molar-refractivity contribution in [3.05, 3.63) is 34.4 Å². The van der Waals surface area contributed by atoms with Crippen molar-refractivity contribution in [2.75, 3.05) is 23.7 Å². The highest BCUT2D eigenvalue weighted by atomic mass is 32.2. The minimum absolute atomic E-state index is 0.158. The van der Waals surface area contributed by atoms with Crippen LogP contribution in [0.2, 0.25) is 0 Å². The molecule has 1 saturated carbocycles. The number of anilines is 2. The zero-order valence-electron chi connectivity index (χ0n) is 17.1. The van der Waals surface area contributed by atoms with Crippen LogP contribution in [0.1, 0.15) is 31.4 Å². The first-order valence-electron chi connectivity index (χ1n) is 9.96. The van der Waals surface area contributed by atoms with E-state index >= 15 is 0 Å². The molecule has 1 aliphatic heterocycles. The fraction of sp³-hybridized carbons (Fsp3) is 0.550. The van der Waals surface area contributed by atoms with Gasteiger partial charge in [-0.05, 0) is 37.3 Å². The maximum Gasteiger partial charge on any atom is 0.270 e. The Bertz CT molecular complexity index is 1020. The summed E-state index contributed by atoms with van der Waals surface area (Å²) >= 11 is 1.25. The molecule has 2 aromatic heterocycles. The first-order chi connectivity index (χ1) is 14.1. The van der Waals surface area contributed by atoms with Crippen molar-refractivity contribution in [2.45, 2.75) is 54.4 Å². The molecular weight excluding hydrogens is 410 g/mol. The fourth-order valence-corrected chi connectivity index (χ4v) is 5.55. The van der Waals surface area contributed by atoms with Crippen molar-refractivity contribution in [1.29, 1.82) is 0 Å². The van der Waals surface area contributed by atoms with Gasteiger partial charge in [0.25, 0.3) is 5.56 Å². The molecule has 2 aliphatic rings. The maximum atomic E-state index is 13.9. The standard InChI is InChI=1S/C20H26F2N6OS/c1-12-13(4-3-7-25-12)30-15-16(24)26-18(27(2)17(15)29)28-8-5-19(6-9-28)11-20(21,22)10-14(19)23/h3-4,7,14H,5-6,8-11,23-24H2,1-2H3/t14-/m1/s1. The van der Waals surface area contributed by atoms with Crippen LogP contribution < -0.4 is 21.9 Å². The molecule has 1 saturated heterocycles. The van der Waals surface area contributed by atoms with Crippen LogP contribution in [0, 0.1) is 12.3 Å². The lowest BCUT2D eigenvalue weighted by atomic mass is 9.74. The quantitative estimate of drug-likeness (QED) is 0.762. The summed E-state index contributed by atoms with van der Waals surface area (Å²) in [5.41, 5.74) is 12.3. The van der Waals surface area contributed by atoms with Gasteiger partial charge in [0.2, 0.25) is 11.9 Å². The highest BCUT2D eigenvalue weighted by Gasteiger charge is 2.55. The lowest BCUT2D eigenvalue weighted by Gasteiger charge is -2.42. The molecule has 0 bridgehead atoms. The minimum Gasteiger partial charge on any atom is -0.382 e. The van der Waals surface area contributed by atoms with Gasteiger partial charge in [-0.15, -0.1) is 0 Å². The van der Waals surface area contributed by atoms with E-state index < -0.39 is 17.4 Å². The number of rotatable bonds is 3. The summed E-state index contributed by atoms with van der Waals surface area (Å²) in [6.07, 6.45) is 2.37. The molecular formula is C20H26F2N6OS. The van der Waals surface area contributed by atoms with Crippen molar-refractivity contribution in [2.24, 2.45) is 18.2 Å². The van der Waals surface area contributed by atoms with Gasteiger partial charge >= 0.3 is 0 Å². The van der Waals surface area contributed by atoms with Gasteiger partial charge in [0, 0.05) is 50.1 Å². The van der Waals surface area contributed by atoms with Crippen LogP contribution >= 0.6 is 11.8 Å². The SMILES string of the molecule is Cc1ncccc1Sc1c(N)nc(N2CCC3(CC2)CC(F)(F)C[C@H]3N)n(C)c1=O. The van der Waals surface area contributed by atoms with Crippen molar-refractivity contribution >= 4 is 23.5 Å². The molecule has 10 heteroatoms. The summed E-state index contributed by atoms with van der Waals surface area (Å²) in [6, 6.07) is 3.18. The van der Waals surface area contributed by atoms with Gasteiger partial charge in [-0.2, -0.15) is 4.98 Å². The smallest absolute Gasteiger partial charge is 0.270 e. The van der Waals surface area contributed by atoms with Gasteiger partial charge in [0.05, 0.1) is 5.69 Å². The Hall–Kier alpha value is -2.20.